The van der Waals surface area contributed by atoms with E-state index in [2.05, 4.69) is 76.2 Å². The third-order valence-electron chi connectivity index (χ3n) is 4.32. The standard InChI is InChI=1S/C16H16N4/c1-16-9-5-4-8-13(16)15-14(18-20-19-15)12-7-3-2-6-11(12)10-17-16/h2-9,13,17H,10H2,1H3,(H,18,19,20)/t13?,16-/m1/s1. The summed E-state index contributed by atoms with van der Waals surface area (Å²) >= 11 is 0. The van der Waals surface area contributed by atoms with Crippen LogP contribution in [0.2, 0.25) is 0 Å². The van der Waals surface area contributed by atoms with Crippen LogP contribution in [-0.4, -0.2) is 20.9 Å². The van der Waals surface area contributed by atoms with Crippen LogP contribution in [0, 0.1) is 0 Å². The molecule has 4 heteroatoms. The van der Waals surface area contributed by atoms with Gasteiger partial charge in [-0.1, -0.05) is 53.8 Å². The van der Waals surface area contributed by atoms with E-state index >= 15 is 0 Å². The second-order valence-electron chi connectivity index (χ2n) is 5.59. The zero-order valence-electron chi connectivity index (χ0n) is 11.3. The van der Waals surface area contributed by atoms with Crippen LogP contribution in [0.25, 0.3) is 11.3 Å². The summed E-state index contributed by atoms with van der Waals surface area (Å²) in [5, 5.41) is 15.2. The topological polar surface area (TPSA) is 53.6 Å². The number of hydrogen-bond acceptors (Lipinski definition) is 3. The van der Waals surface area contributed by atoms with Crippen LogP contribution in [0.1, 0.15) is 24.1 Å². The lowest BCUT2D eigenvalue weighted by molar-refractivity contribution is 0.387. The molecule has 0 saturated heterocycles. The Kier molecular flexibility index (Phi) is 2.41. The molecule has 0 bridgehead atoms. The molecule has 2 aliphatic rings. The van der Waals surface area contributed by atoms with Gasteiger partial charge in [-0.05, 0) is 12.5 Å². The predicted molar refractivity (Wildman–Crippen MR) is 78.1 cm³/mol. The molecule has 2 aromatic rings. The van der Waals surface area contributed by atoms with Gasteiger partial charge in [0, 0.05) is 23.6 Å². The minimum absolute atomic E-state index is 0.120. The van der Waals surface area contributed by atoms with Gasteiger partial charge in [-0.15, -0.1) is 5.10 Å². The van der Waals surface area contributed by atoms with Gasteiger partial charge < -0.3 is 5.32 Å². The highest BCUT2D eigenvalue weighted by Gasteiger charge is 2.37. The number of fused-ring (bicyclic) bond motifs is 5. The van der Waals surface area contributed by atoms with Gasteiger partial charge in [0.1, 0.15) is 5.69 Å². The van der Waals surface area contributed by atoms with Crippen molar-refractivity contribution in [2.45, 2.75) is 24.9 Å². The van der Waals surface area contributed by atoms with Crippen molar-refractivity contribution >= 4 is 0 Å². The molecular formula is C16H16N4. The van der Waals surface area contributed by atoms with Gasteiger partial charge in [-0.25, -0.2) is 0 Å². The average Bonchev–Trinajstić information content (AvgIpc) is 2.93. The van der Waals surface area contributed by atoms with Gasteiger partial charge in [0.05, 0.1) is 5.69 Å². The predicted octanol–water partition coefficient (Wildman–Crippen LogP) is 2.54. The van der Waals surface area contributed by atoms with Crippen molar-refractivity contribution in [3.63, 3.8) is 0 Å². The molecule has 0 radical (unpaired) electrons. The van der Waals surface area contributed by atoms with Crippen molar-refractivity contribution in [1.29, 1.82) is 0 Å². The van der Waals surface area contributed by atoms with Crippen molar-refractivity contribution in [3.05, 3.63) is 59.8 Å². The highest BCUT2D eigenvalue weighted by Crippen LogP contribution is 2.39. The smallest absolute Gasteiger partial charge is 0.116 e. The maximum absolute atomic E-state index is 4.33. The fourth-order valence-electron chi connectivity index (χ4n) is 3.14. The summed E-state index contributed by atoms with van der Waals surface area (Å²) in [6.45, 7) is 3.05. The first-order valence-corrected chi connectivity index (χ1v) is 6.88. The fourth-order valence-corrected chi connectivity index (χ4v) is 3.14. The van der Waals surface area contributed by atoms with Gasteiger partial charge in [0.25, 0.3) is 0 Å². The lowest BCUT2D eigenvalue weighted by atomic mass is 9.77. The number of nitrogens with zero attached hydrogens (tertiary/aromatic N) is 2. The summed E-state index contributed by atoms with van der Waals surface area (Å²) in [4.78, 5) is 0. The van der Waals surface area contributed by atoms with E-state index in [4.69, 9.17) is 0 Å². The largest absolute Gasteiger partial charge is 0.303 e. The van der Waals surface area contributed by atoms with Crippen LogP contribution >= 0.6 is 0 Å². The minimum Gasteiger partial charge on any atom is -0.303 e. The summed E-state index contributed by atoms with van der Waals surface area (Å²) in [5.41, 5.74) is 4.34. The Bertz CT molecular complexity index is 713. The van der Waals surface area contributed by atoms with E-state index in [-0.39, 0.29) is 11.5 Å². The molecule has 1 aliphatic carbocycles. The minimum atomic E-state index is -0.120. The number of nitrogens with one attached hydrogen (secondary N) is 2. The van der Waals surface area contributed by atoms with Gasteiger partial charge in [0.2, 0.25) is 0 Å². The third kappa shape index (κ3) is 1.58. The van der Waals surface area contributed by atoms with Gasteiger partial charge >= 0.3 is 0 Å². The highest BCUT2D eigenvalue weighted by atomic mass is 15.3. The molecule has 2 N–H and O–H groups in total. The maximum atomic E-state index is 4.33. The van der Waals surface area contributed by atoms with E-state index in [1.165, 1.54) is 5.56 Å². The third-order valence-corrected chi connectivity index (χ3v) is 4.32. The highest BCUT2D eigenvalue weighted by molar-refractivity contribution is 5.67. The van der Waals surface area contributed by atoms with Gasteiger partial charge in [-0.2, -0.15) is 0 Å². The average molecular weight is 264 g/mol. The van der Waals surface area contributed by atoms with Crippen molar-refractivity contribution in [2.75, 3.05) is 0 Å². The zero-order valence-corrected chi connectivity index (χ0v) is 11.3. The Morgan fingerprint density at radius 2 is 2.15 bits per heavy atom. The Balaban J connectivity index is 1.97. The Morgan fingerprint density at radius 3 is 3.10 bits per heavy atom. The van der Waals surface area contributed by atoms with Crippen LogP contribution in [0.4, 0.5) is 0 Å². The van der Waals surface area contributed by atoms with E-state index in [1.807, 2.05) is 0 Å². The molecule has 2 heterocycles. The number of allylic oxidation sites excluding steroid dienone is 2. The van der Waals surface area contributed by atoms with E-state index in [0.29, 0.717) is 0 Å². The molecule has 100 valence electrons. The number of aromatic nitrogens is 3. The number of hydrogen-bond donors (Lipinski definition) is 2. The second-order valence-corrected chi connectivity index (χ2v) is 5.59. The van der Waals surface area contributed by atoms with Crippen molar-refractivity contribution in [2.24, 2.45) is 0 Å². The van der Waals surface area contributed by atoms with Crippen molar-refractivity contribution in [1.82, 2.24) is 20.7 Å². The van der Waals surface area contributed by atoms with Crippen molar-refractivity contribution in [3.8, 4) is 11.3 Å². The normalized spacial score (nSPS) is 27.1. The van der Waals surface area contributed by atoms with Crippen LogP contribution in [0.5, 0.6) is 0 Å². The Labute approximate surface area is 117 Å². The maximum Gasteiger partial charge on any atom is 0.116 e. The van der Waals surface area contributed by atoms with Gasteiger partial charge in [0.15, 0.2) is 0 Å². The molecule has 4 rings (SSSR count). The van der Waals surface area contributed by atoms with E-state index in [0.717, 1.165) is 23.5 Å². The first-order valence-electron chi connectivity index (χ1n) is 6.88. The molecule has 20 heavy (non-hydrogen) atoms. The van der Waals surface area contributed by atoms with E-state index in [9.17, 15) is 0 Å². The molecule has 0 spiro atoms. The second kappa shape index (κ2) is 4.15. The van der Waals surface area contributed by atoms with E-state index in [1.54, 1.807) is 0 Å². The molecule has 0 saturated carbocycles. The summed E-state index contributed by atoms with van der Waals surface area (Å²) in [5.74, 6) is 0.214. The summed E-state index contributed by atoms with van der Waals surface area (Å²) in [6, 6.07) is 8.38. The lowest BCUT2D eigenvalue weighted by Crippen LogP contribution is -2.46. The van der Waals surface area contributed by atoms with Gasteiger partial charge in [-0.3, -0.25) is 5.10 Å². The Morgan fingerprint density at radius 1 is 1.25 bits per heavy atom. The molecule has 1 aliphatic heterocycles. The van der Waals surface area contributed by atoms with Crippen LogP contribution < -0.4 is 5.32 Å². The number of rotatable bonds is 0. The summed E-state index contributed by atoms with van der Waals surface area (Å²) in [6.07, 6.45) is 8.61. The van der Waals surface area contributed by atoms with E-state index < -0.39 is 0 Å². The Hall–Kier alpha value is -2.20. The molecular weight excluding hydrogens is 248 g/mol. The first-order chi connectivity index (χ1) is 9.78. The molecule has 2 atom stereocenters. The molecule has 1 unspecified atom stereocenters. The number of aromatic amines is 1. The van der Waals surface area contributed by atoms with Crippen molar-refractivity contribution < 1.29 is 0 Å². The molecule has 1 aromatic heterocycles. The fraction of sp³-hybridized carbons (Fsp3) is 0.250. The number of H-pyrrole nitrogens is 1. The quantitative estimate of drug-likeness (QED) is 0.769. The summed E-state index contributed by atoms with van der Waals surface area (Å²) in [7, 11) is 0. The van der Waals surface area contributed by atoms with Crippen LogP contribution in [0.15, 0.2) is 48.6 Å². The summed E-state index contributed by atoms with van der Waals surface area (Å²) < 4.78 is 0. The monoisotopic (exact) mass is 264 g/mol. The van der Waals surface area contributed by atoms with Crippen LogP contribution in [-0.2, 0) is 6.54 Å². The lowest BCUT2D eigenvalue weighted by Gasteiger charge is -2.37. The SMILES string of the molecule is C[C@@]12C=CC=CC1c1[nH]nnc1-c1ccccc1CN2. The molecule has 1 aromatic carbocycles. The number of benzene rings is 1. The van der Waals surface area contributed by atoms with Crippen LogP contribution in [0.3, 0.4) is 0 Å². The first kappa shape index (κ1) is 11.6. The molecule has 0 amide bonds. The zero-order chi connectivity index (χ0) is 13.6. The molecule has 4 nitrogen and oxygen atoms in total. The molecule has 0 fully saturated rings.